The molecule has 2 aliphatic heterocycles. The minimum Gasteiger partial charge on any atom is -0.328 e. The Bertz CT molecular complexity index is 108. The molecule has 0 aromatic carbocycles. The highest BCUT2D eigenvalue weighted by Gasteiger charge is 2.28. The summed E-state index contributed by atoms with van der Waals surface area (Å²) in [6.45, 7) is 0. The van der Waals surface area contributed by atoms with Crippen molar-refractivity contribution < 1.29 is 0 Å². The second kappa shape index (κ2) is 2.51. The molecular formula is C8H16N2. The van der Waals surface area contributed by atoms with Gasteiger partial charge in [-0.25, -0.2) is 0 Å². The molecule has 2 aliphatic rings. The zero-order valence-corrected chi connectivity index (χ0v) is 6.34. The minimum absolute atomic E-state index is 0.483. The highest BCUT2D eigenvalue weighted by atomic mass is 15.0. The summed E-state index contributed by atoms with van der Waals surface area (Å²) in [5, 5.41) is 3.60. The fourth-order valence-corrected chi connectivity index (χ4v) is 2.31. The van der Waals surface area contributed by atoms with Gasteiger partial charge in [-0.15, -0.1) is 0 Å². The van der Waals surface area contributed by atoms with Gasteiger partial charge in [-0.1, -0.05) is 6.42 Å². The van der Waals surface area contributed by atoms with Crippen molar-refractivity contribution in [2.75, 3.05) is 0 Å². The van der Waals surface area contributed by atoms with E-state index in [0.29, 0.717) is 6.04 Å². The molecular weight excluding hydrogens is 124 g/mol. The van der Waals surface area contributed by atoms with Crippen LogP contribution >= 0.6 is 0 Å². The summed E-state index contributed by atoms with van der Waals surface area (Å²) in [5.41, 5.74) is 5.88. The number of piperidine rings is 2. The van der Waals surface area contributed by atoms with Crippen molar-refractivity contribution in [3.63, 3.8) is 0 Å². The predicted molar refractivity (Wildman–Crippen MR) is 41.8 cm³/mol. The third kappa shape index (κ3) is 1.18. The van der Waals surface area contributed by atoms with Crippen LogP contribution in [0.15, 0.2) is 0 Å². The number of nitrogens with two attached hydrogens (primary N) is 1. The fraction of sp³-hybridized carbons (Fsp3) is 1.00. The Balaban J connectivity index is 1.98. The first-order valence-electron chi connectivity index (χ1n) is 4.36. The lowest BCUT2D eigenvalue weighted by Gasteiger charge is -2.38. The van der Waals surface area contributed by atoms with Gasteiger partial charge in [0.2, 0.25) is 0 Å². The topological polar surface area (TPSA) is 38.0 Å². The number of hydrogen-bond donors (Lipinski definition) is 2. The first kappa shape index (κ1) is 6.62. The van der Waals surface area contributed by atoms with E-state index in [9.17, 15) is 0 Å². The average Bonchev–Trinajstić information content (AvgIpc) is 1.85. The maximum Gasteiger partial charge on any atom is 0.00844 e. The van der Waals surface area contributed by atoms with Crippen LogP contribution in [0.5, 0.6) is 0 Å². The Morgan fingerprint density at radius 1 is 1.10 bits per heavy atom. The average molecular weight is 140 g/mol. The molecule has 0 aromatic heterocycles. The minimum atomic E-state index is 0.483. The van der Waals surface area contributed by atoms with Gasteiger partial charge in [-0.3, -0.25) is 0 Å². The Kier molecular flexibility index (Phi) is 1.66. The van der Waals surface area contributed by atoms with E-state index in [-0.39, 0.29) is 0 Å². The van der Waals surface area contributed by atoms with Crippen molar-refractivity contribution in [2.45, 2.75) is 50.2 Å². The van der Waals surface area contributed by atoms with Crippen molar-refractivity contribution in [3.8, 4) is 0 Å². The van der Waals surface area contributed by atoms with Gasteiger partial charge in [0.15, 0.2) is 0 Å². The first-order valence-corrected chi connectivity index (χ1v) is 4.36. The van der Waals surface area contributed by atoms with Crippen molar-refractivity contribution in [2.24, 2.45) is 5.73 Å². The van der Waals surface area contributed by atoms with Crippen LogP contribution in [-0.2, 0) is 0 Å². The maximum absolute atomic E-state index is 5.88. The van der Waals surface area contributed by atoms with Crippen molar-refractivity contribution in [1.29, 1.82) is 0 Å². The molecule has 2 nitrogen and oxygen atoms in total. The molecule has 2 unspecified atom stereocenters. The number of nitrogens with one attached hydrogen (secondary N) is 1. The molecule has 0 aromatic rings. The molecule has 0 spiro atoms. The molecule has 0 saturated carbocycles. The molecule has 2 rings (SSSR count). The molecule has 2 bridgehead atoms. The summed E-state index contributed by atoms with van der Waals surface area (Å²) in [4.78, 5) is 0. The fourth-order valence-electron chi connectivity index (χ4n) is 2.31. The van der Waals surface area contributed by atoms with Crippen LogP contribution in [0.2, 0.25) is 0 Å². The summed E-state index contributed by atoms with van der Waals surface area (Å²) in [6.07, 6.45) is 6.52. The van der Waals surface area contributed by atoms with E-state index >= 15 is 0 Å². The van der Waals surface area contributed by atoms with Crippen LogP contribution in [0.25, 0.3) is 0 Å². The van der Waals surface area contributed by atoms with E-state index in [0.717, 1.165) is 12.1 Å². The first-order chi connectivity index (χ1) is 4.84. The van der Waals surface area contributed by atoms with Crippen LogP contribution in [0.4, 0.5) is 0 Å². The molecule has 58 valence electrons. The lowest BCUT2D eigenvalue weighted by molar-refractivity contribution is 0.222. The largest absolute Gasteiger partial charge is 0.328 e. The van der Waals surface area contributed by atoms with E-state index in [1.807, 2.05) is 0 Å². The maximum atomic E-state index is 5.88. The van der Waals surface area contributed by atoms with Crippen LogP contribution in [0.3, 0.4) is 0 Å². The molecule has 2 atom stereocenters. The standard InChI is InChI=1S/C8H16N2/c9-6-4-7-2-1-3-8(5-6)10-7/h6-8,10H,1-5,9H2. The molecule has 2 saturated heterocycles. The molecule has 2 heteroatoms. The smallest absolute Gasteiger partial charge is 0.00844 e. The summed E-state index contributed by atoms with van der Waals surface area (Å²) >= 11 is 0. The van der Waals surface area contributed by atoms with Crippen LogP contribution in [-0.4, -0.2) is 18.1 Å². The summed E-state index contributed by atoms with van der Waals surface area (Å²) < 4.78 is 0. The van der Waals surface area contributed by atoms with Crippen molar-refractivity contribution >= 4 is 0 Å². The second-order valence-corrected chi connectivity index (χ2v) is 3.72. The quantitative estimate of drug-likeness (QED) is 0.517. The predicted octanol–water partition coefficient (Wildman–Crippen LogP) is 0.618. The lowest BCUT2D eigenvalue weighted by Crippen LogP contribution is -2.52. The number of hydrogen-bond acceptors (Lipinski definition) is 2. The monoisotopic (exact) mass is 140 g/mol. The van der Waals surface area contributed by atoms with Crippen molar-refractivity contribution in [1.82, 2.24) is 5.32 Å². The molecule has 10 heavy (non-hydrogen) atoms. The Labute approximate surface area is 62.2 Å². The summed E-state index contributed by atoms with van der Waals surface area (Å²) in [6, 6.07) is 1.99. The van der Waals surface area contributed by atoms with E-state index < -0.39 is 0 Å². The van der Waals surface area contributed by atoms with Crippen molar-refractivity contribution in [3.05, 3.63) is 0 Å². The SMILES string of the molecule is NC1CC2CCCC(C1)N2. The third-order valence-electron chi connectivity index (χ3n) is 2.75. The number of rotatable bonds is 0. The van der Waals surface area contributed by atoms with Gasteiger partial charge >= 0.3 is 0 Å². The van der Waals surface area contributed by atoms with Gasteiger partial charge < -0.3 is 11.1 Å². The molecule has 0 amide bonds. The van der Waals surface area contributed by atoms with Crippen LogP contribution in [0, 0.1) is 0 Å². The van der Waals surface area contributed by atoms with E-state index in [4.69, 9.17) is 5.73 Å². The van der Waals surface area contributed by atoms with Gasteiger partial charge in [-0.2, -0.15) is 0 Å². The van der Waals surface area contributed by atoms with E-state index in [1.54, 1.807) is 0 Å². The Hall–Kier alpha value is -0.0800. The molecule has 0 aliphatic carbocycles. The van der Waals surface area contributed by atoms with Gasteiger partial charge in [0.05, 0.1) is 0 Å². The number of fused-ring (bicyclic) bond motifs is 2. The molecule has 2 fully saturated rings. The van der Waals surface area contributed by atoms with E-state index in [2.05, 4.69) is 5.32 Å². The van der Waals surface area contributed by atoms with E-state index in [1.165, 1.54) is 32.1 Å². The molecule has 2 heterocycles. The normalized spacial score (nSPS) is 47.1. The Morgan fingerprint density at radius 2 is 1.70 bits per heavy atom. The zero-order chi connectivity index (χ0) is 6.97. The molecule has 3 N–H and O–H groups in total. The summed E-state index contributed by atoms with van der Waals surface area (Å²) in [5.74, 6) is 0. The second-order valence-electron chi connectivity index (χ2n) is 3.72. The highest BCUT2D eigenvalue weighted by Crippen LogP contribution is 2.24. The van der Waals surface area contributed by atoms with Gasteiger partial charge in [0.1, 0.15) is 0 Å². The van der Waals surface area contributed by atoms with Gasteiger partial charge in [0.25, 0.3) is 0 Å². The van der Waals surface area contributed by atoms with Gasteiger partial charge in [-0.05, 0) is 25.7 Å². The third-order valence-corrected chi connectivity index (χ3v) is 2.75. The zero-order valence-electron chi connectivity index (χ0n) is 6.34. The summed E-state index contributed by atoms with van der Waals surface area (Å²) in [7, 11) is 0. The van der Waals surface area contributed by atoms with Gasteiger partial charge in [0, 0.05) is 18.1 Å². The highest BCUT2D eigenvalue weighted by molar-refractivity contribution is 4.90. The molecule has 0 radical (unpaired) electrons. The van der Waals surface area contributed by atoms with Crippen LogP contribution in [0.1, 0.15) is 32.1 Å². The lowest BCUT2D eigenvalue weighted by atomic mass is 9.84. The Morgan fingerprint density at radius 3 is 2.30 bits per heavy atom. The van der Waals surface area contributed by atoms with Crippen LogP contribution < -0.4 is 11.1 Å².